The van der Waals surface area contributed by atoms with Gasteiger partial charge in [0.2, 0.25) is 0 Å². The molecule has 0 unspecified atom stereocenters. The summed E-state index contributed by atoms with van der Waals surface area (Å²) in [6.45, 7) is 2.84. The zero-order valence-corrected chi connectivity index (χ0v) is 9.64. The van der Waals surface area contributed by atoms with Crippen LogP contribution in [0.1, 0.15) is 18.2 Å². The monoisotopic (exact) mass is 216 g/mol. The summed E-state index contributed by atoms with van der Waals surface area (Å²) in [5.74, 6) is 0.954. The van der Waals surface area contributed by atoms with Crippen molar-refractivity contribution in [2.75, 3.05) is 5.32 Å². The molecule has 2 heterocycles. The maximum absolute atomic E-state index is 4.33. The van der Waals surface area contributed by atoms with Gasteiger partial charge in [0, 0.05) is 19.4 Å². The average molecular weight is 216 g/mol. The number of nitrogens with zero attached hydrogens (tertiary/aromatic N) is 3. The van der Waals surface area contributed by atoms with Crippen molar-refractivity contribution in [1.29, 1.82) is 0 Å². The Balaban J connectivity index is 2.04. The third kappa shape index (κ3) is 2.39. The molecule has 0 aliphatic carbocycles. The molecule has 16 heavy (non-hydrogen) atoms. The Kier molecular flexibility index (Phi) is 3.19. The number of anilines is 1. The standard InChI is InChI=1S/C12H16N4/c1-3-10-5-4-7-13-12(10)14-9-11-6-8-16(2)15-11/h4-8H,3,9H2,1-2H3,(H,13,14). The van der Waals surface area contributed by atoms with Gasteiger partial charge in [0.25, 0.3) is 0 Å². The summed E-state index contributed by atoms with van der Waals surface area (Å²) in [6.07, 6.45) is 4.73. The lowest BCUT2D eigenvalue weighted by molar-refractivity contribution is 0.746. The lowest BCUT2D eigenvalue weighted by Crippen LogP contribution is -2.05. The molecule has 4 heteroatoms. The molecule has 0 atom stereocenters. The summed E-state index contributed by atoms with van der Waals surface area (Å²) in [4.78, 5) is 4.33. The van der Waals surface area contributed by atoms with E-state index in [1.807, 2.05) is 25.4 Å². The molecule has 0 radical (unpaired) electrons. The fraction of sp³-hybridized carbons (Fsp3) is 0.333. The van der Waals surface area contributed by atoms with Gasteiger partial charge in [0.05, 0.1) is 12.2 Å². The smallest absolute Gasteiger partial charge is 0.129 e. The topological polar surface area (TPSA) is 42.7 Å². The van der Waals surface area contributed by atoms with Crippen molar-refractivity contribution in [2.24, 2.45) is 7.05 Å². The van der Waals surface area contributed by atoms with Crippen molar-refractivity contribution in [2.45, 2.75) is 19.9 Å². The van der Waals surface area contributed by atoms with Gasteiger partial charge < -0.3 is 5.32 Å². The SMILES string of the molecule is CCc1cccnc1NCc1ccn(C)n1. The lowest BCUT2D eigenvalue weighted by Gasteiger charge is -2.07. The second-order valence-corrected chi connectivity index (χ2v) is 3.70. The molecule has 0 aliphatic heterocycles. The molecule has 0 aromatic carbocycles. The Morgan fingerprint density at radius 3 is 2.94 bits per heavy atom. The molecule has 0 bridgehead atoms. The Morgan fingerprint density at radius 2 is 2.25 bits per heavy atom. The normalized spacial score (nSPS) is 10.4. The molecule has 0 aliphatic rings. The van der Waals surface area contributed by atoms with Crippen molar-refractivity contribution in [1.82, 2.24) is 14.8 Å². The molecule has 2 rings (SSSR count). The van der Waals surface area contributed by atoms with Gasteiger partial charge in [-0.25, -0.2) is 4.98 Å². The summed E-state index contributed by atoms with van der Waals surface area (Å²) in [7, 11) is 1.92. The van der Waals surface area contributed by atoms with Gasteiger partial charge in [-0.3, -0.25) is 4.68 Å². The van der Waals surface area contributed by atoms with E-state index in [1.165, 1.54) is 5.56 Å². The van der Waals surface area contributed by atoms with Crippen LogP contribution in [0.15, 0.2) is 30.6 Å². The van der Waals surface area contributed by atoms with Crippen LogP contribution in [0.3, 0.4) is 0 Å². The molecule has 0 fully saturated rings. The quantitative estimate of drug-likeness (QED) is 0.850. The summed E-state index contributed by atoms with van der Waals surface area (Å²) in [6, 6.07) is 6.06. The molecule has 4 nitrogen and oxygen atoms in total. The fourth-order valence-electron chi connectivity index (χ4n) is 1.61. The minimum Gasteiger partial charge on any atom is -0.364 e. The molecular weight excluding hydrogens is 200 g/mol. The molecular formula is C12H16N4. The number of aryl methyl sites for hydroxylation is 2. The van der Waals surface area contributed by atoms with Crippen molar-refractivity contribution in [3.8, 4) is 0 Å². The van der Waals surface area contributed by atoms with Gasteiger partial charge in [-0.15, -0.1) is 0 Å². The molecule has 1 N–H and O–H groups in total. The molecule has 84 valence electrons. The zero-order valence-electron chi connectivity index (χ0n) is 9.64. The van der Waals surface area contributed by atoms with Crippen LogP contribution >= 0.6 is 0 Å². The van der Waals surface area contributed by atoms with E-state index in [0.717, 1.165) is 17.9 Å². The van der Waals surface area contributed by atoms with Crippen LogP contribution in [0.25, 0.3) is 0 Å². The second kappa shape index (κ2) is 4.79. The first kappa shape index (κ1) is 10.7. The first-order valence-electron chi connectivity index (χ1n) is 5.46. The van der Waals surface area contributed by atoms with E-state index in [4.69, 9.17) is 0 Å². The lowest BCUT2D eigenvalue weighted by atomic mass is 10.2. The number of nitrogens with one attached hydrogen (secondary N) is 1. The molecule has 0 saturated carbocycles. The van der Waals surface area contributed by atoms with Crippen LogP contribution in [0, 0.1) is 0 Å². The molecule has 2 aromatic heterocycles. The van der Waals surface area contributed by atoms with Crippen LogP contribution in [0.5, 0.6) is 0 Å². The summed E-state index contributed by atoms with van der Waals surface area (Å²) < 4.78 is 1.80. The predicted molar refractivity (Wildman–Crippen MR) is 64.1 cm³/mol. The first-order valence-corrected chi connectivity index (χ1v) is 5.46. The fourth-order valence-corrected chi connectivity index (χ4v) is 1.61. The van der Waals surface area contributed by atoms with Crippen LogP contribution in [0.4, 0.5) is 5.82 Å². The summed E-state index contributed by atoms with van der Waals surface area (Å²) >= 11 is 0. The maximum Gasteiger partial charge on any atom is 0.129 e. The second-order valence-electron chi connectivity index (χ2n) is 3.70. The van der Waals surface area contributed by atoms with Crippen LogP contribution in [0.2, 0.25) is 0 Å². The van der Waals surface area contributed by atoms with Gasteiger partial charge in [-0.05, 0) is 24.1 Å². The van der Waals surface area contributed by atoms with Crippen molar-refractivity contribution in [3.05, 3.63) is 41.9 Å². The first-order chi connectivity index (χ1) is 7.79. The minimum absolute atomic E-state index is 0.713. The Labute approximate surface area is 95.3 Å². The maximum atomic E-state index is 4.33. The van der Waals surface area contributed by atoms with E-state index in [1.54, 1.807) is 10.9 Å². The van der Waals surface area contributed by atoms with Gasteiger partial charge in [-0.2, -0.15) is 5.10 Å². The van der Waals surface area contributed by atoms with Crippen molar-refractivity contribution >= 4 is 5.82 Å². The Bertz CT molecular complexity index is 462. The Morgan fingerprint density at radius 1 is 1.38 bits per heavy atom. The third-order valence-corrected chi connectivity index (χ3v) is 2.48. The highest BCUT2D eigenvalue weighted by Gasteiger charge is 2.01. The summed E-state index contributed by atoms with van der Waals surface area (Å²) in [5.41, 5.74) is 2.26. The van der Waals surface area contributed by atoms with E-state index < -0.39 is 0 Å². The highest BCUT2D eigenvalue weighted by Crippen LogP contribution is 2.12. The van der Waals surface area contributed by atoms with E-state index in [0.29, 0.717) is 6.54 Å². The van der Waals surface area contributed by atoms with Gasteiger partial charge in [0.1, 0.15) is 5.82 Å². The van der Waals surface area contributed by atoms with Crippen molar-refractivity contribution < 1.29 is 0 Å². The predicted octanol–water partition coefficient (Wildman–Crippen LogP) is 1.99. The summed E-state index contributed by atoms with van der Waals surface area (Å²) in [5, 5.41) is 7.61. The molecule has 0 saturated heterocycles. The van der Waals surface area contributed by atoms with Gasteiger partial charge in [-0.1, -0.05) is 13.0 Å². The van der Waals surface area contributed by atoms with E-state index in [-0.39, 0.29) is 0 Å². The van der Waals surface area contributed by atoms with Crippen LogP contribution in [-0.2, 0) is 20.0 Å². The van der Waals surface area contributed by atoms with E-state index in [9.17, 15) is 0 Å². The molecule has 0 amide bonds. The number of pyridine rings is 1. The largest absolute Gasteiger partial charge is 0.364 e. The van der Waals surface area contributed by atoms with Gasteiger partial charge in [0.15, 0.2) is 0 Å². The zero-order chi connectivity index (χ0) is 11.4. The third-order valence-electron chi connectivity index (χ3n) is 2.48. The molecule has 0 spiro atoms. The van der Waals surface area contributed by atoms with E-state index >= 15 is 0 Å². The highest BCUT2D eigenvalue weighted by molar-refractivity contribution is 5.43. The number of aromatic nitrogens is 3. The van der Waals surface area contributed by atoms with E-state index in [2.05, 4.69) is 28.4 Å². The van der Waals surface area contributed by atoms with Crippen LogP contribution in [-0.4, -0.2) is 14.8 Å². The average Bonchev–Trinajstić information content (AvgIpc) is 2.73. The van der Waals surface area contributed by atoms with Crippen molar-refractivity contribution in [3.63, 3.8) is 0 Å². The number of hydrogen-bond donors (Lipinski definition) is 1. The van der Waals surface area contributed by atoms with Crippen LogP contribution < -0.4 is 5.32 Å². The highest BCUT2D eigenvalue weighted by atomic mass is 15.3. The Hall–Kier alpha value is -1.84. The number of hydrogen-bond acceptors (Lipinski definition) is 3. The van der Waals surface area contributed by atoms with Gasteiger partial charge >= 0.3 is 0 Å². The number of rotatable bonds is 4. The minimum atomic E-state index is 0.713. The molecule has 2 aromatic rings.